The standard InChI is InChI=1S/C46H59F3N6O7SSi/c1-46(2,3)44(38-22-31(33-23-32(47)12-13-35(33)48)25-52(38)24-30-10-8-7-9-11-30)55(26-34-36(49)27-53(45(61)62)37(34)17-21-64(4,5)6)43(60)29-63-20-16-39(56)50-18-19-51-40(57)28-54-41(58)14-15-42(54)59/h7-15,22-23,25,34,36-37,44H,16-21,24,26-29H2,1-6H3,(H,50,56)(H,51,57)(H,61,62)/t34-,36-,37?,44-/m0/s1. The van der Waals surface area contributed by atoms with E-state index in [1.165, 1.54) is 16.7 Å². The zero-order chi connectivity index (χ0) is 46.9. The van der Waals surface area contributed by atoms with Crippen molar-refractivity contribution in [3.63, 3.8) is 0 Å². The summed E-state index contributed by atoms with van der Waals surface area (Å²) in [6, 6.07) is 13.8. The number of nitrogens with one attached hydrogen (secondary N) is 2. The molecule has 2 aromatic carbocycles. The number of carbonyl (C=O) groups excluding carboxylic acids is 5. The Hall–Kier alpha value is -5.36. The number of likely N-dealkylation sites (tertiary alicyclic amines) is 1. The number of nitrogens with zero attached hydrogens (tertiary/aromatic N) is 4. The van der Waals surface area contributed by atoms with Gasteiger partial charge in [0.05, 0.1) is 18.3 Å². The van der Waals surface area contributed by atoms with E-state index in [9.17, 15) is 38.3 Å². The van der Waals surface area contributed by atoms with Crippen molar-refractivity contribution < 1.29 is 47.0 Å². The summed E-state index contributed by atoms with van der Waals surface area (Å²) in [6.45, 7) is 11.9. The van der Waals surface area contributed by atoms with Gasteiger partial charge in [-0.3, -0.25) is 28.9 Å². The molecule has 0 radical (unpaired) electrons. The Bertz CT molecular complexity index is 2190. The van der Waals surface area contributed by atoms with E-state index in [-0.39, 0.29) is 61.5 Å². The zero-order valence-electron chi connectivity index (χ0n) is 37.2. The maximum atomic E-state index is 16.4. The lowest BCUT2D eigenvalue weighted by Gasteiger charge is -2.43. The van der Waals surface area contributed by atoms with Crippen molar-refractivity contribution in [1.82, 2.24) is 29.9 Å². The molecule has 64 heavy (non-hydrogen) atoms. The van der Waals surface area contributed by atoms with E-state index >= 15 is 8.78 Å². The highest BCUT2D eigenvalue weighted by molar-refractivity contribution is 7.99. The average molecular weight is 925 g/mol. The lowest BCUT2D eigenvalue weighted by molar-refractivity contribution is -0.141. The molecule has 346 valence electrons. The quantitative estimate of drug-likeness (QED) is 0.0640. The summed E-state index contributed by atoms with van der Waals surface area (Å²) in [5, 5.41) is 15.5. The Kier molecular flexibility index (Phi) is 16.7. The third-order valence-corrected chi connectivity index (χ3v) is 14.1. The fraction of sp³-hybridized carbons (Fsp3) is 0.478. The third kappa shape index (κ3) is 13.3. The van der Waals surface area contributed by atoms with E-state index in [0.717, 1.165) is 46.9 Å². The number of alkyl halides is 1. The van der Waals surface area contributed by atoms with Crippen LogP contribution in [0.2, 0.25) is 25.7 Å². The summed E-state index contributed by atoms with van der Waals surface area (Å²) >= 11 is 1.21. The minimum Gasteiger partial charge on any atom is -0.465 e. The maximum Gasteiger partial charge on any atom is 0.407 e. The SMILES string of the molecule is CC(C)(C)[C@H](c1cc(-c2cc(F)ccc2F)cn1Cc1ccccc1)N(C[C@@H]1C(CC[Si](C)(C)C)N(C(=O)O)C[C@@H]1F)C(=O)CSCCC(=O)NCCNC(=O)CN1C(=O)C=CC1=O. The molecule has 18 heteroatoms. The number of amides is 6. The van der Waals surface area contributed by atoms with Gasteiger partial charge in [-0.25, -0.2) is 18.0 Å². The Morgan fingerprint density at radius 3 is 2.23 bits per heavy atom. The van der Waals surface area contributed by atoms with Gasteiger partial charge in [0.15, 0.2) is 0 Å². The van der Waals surface area contributed by atoms with Crippen LogP contribution >= 0.6 is 11.8 Å². The van der Waals surface area contributed by atoms with Gasteiger partial charge in [-0.2, -0.15) is 11.8 Å². The van der Waals surface area contributed by atoms with Gasteiger partial charge in [-0.05, 0) is 41.7 Å². The van der Waals surface area contributed by atoms with E-state index < -0.39 is 79.7 Å². The lowest BCUT2D eigenvalue weighted by Crippen LogP contribution is -2.48. The van der Waals surface area contributed by atoms with E-state index in [1.807, 2.05) is 55.7 Å². The van der Waals surface area contributed by atoms with Crippen molar-refractivity contribution in [1.29, 1.82) is 0 Å². The average Bonchev–Trinajstić information content (AvgIpc) is 3.87. The Labute approximate surface area is 377 Å². The number of hydrogen-bond donors (Lipinski definition) is 3. The molecule has 2 aliphatic heterocycles. The van der Waals surface area contributed by atoms with Gasteiger partial charge >= 0.3 is 6.09 Å². The van der Waals surface area contributed by atoms with Crippen molar-refractivity contribution in [3.05, 3.63) is 95.8 Å². The molecule has 6 amide bonds. The van der Waals surface area contributed by atoms with Gasteiger partial charge in [-0.1, -0.05) is 76.8 Å². The van der Waals surface area contributed by atoms with Gasteiger partial charge in [-0.15, -0.1) is 0 Å². The first-order valence-electron chi connectivity index (χ1n) is 21.4. The van der Waals surface area contributed by atoms with Crippen LogP contribution in [0.25, 0.3) is 11.1 Å². The Morgan fingerprint density at radius 2 is 1.61 bits per heavy atom. The summed E-state index contributed by atoms with van der Waals surface area (Å²) in [7, 11) is -1.71. The van der Waals surface area contributed by atoms with Crippen LogP contribution in [-0.2, 0) is 30.5 Å². The molecule has 0 bridgehead atoms. The van der Waals surface area contributed by atoms with Crippen LogP contribution in [0.1, 0.15) is 50.9 Å². The summed E-state index contributed by atoms with van der Waals surface area (Å²) in [5.41, 5.74) is 1.18. The van der Waals surface area contributed by atoms with Gasteiger partial charge in [0.1, 0.15) is 24.4 Å². The number of carbonyl (C=O) groups is 6. The molecular formula is C46H59F3N6O7SSi. The number of thioether (sulfide) groups is 1. The van der Waals surface area contributed by atoms with Crippen LogP contribution in [-0.4, -0.2) is 125 Å². The van der Waals surface area contributed by atoms with Crippen LogP contribution in [0.5, 0.6) is 0 Å². The fourth-order valence-electron chi connectivity index (χ4n) is 8.21. The second-order valence-electron chi connectivity index (χ2n) is 18.6. The molecule has 3 N–H and O–H groups in total. The van der Waals surface area contributed by atoms with E-state index in [1.54, 1.807) is 17.2 Å². The number of rotatable bonds is 20. The van der Waals surface area contributed by atoms with E-state index in [2.05, 4.69) is 30.3 Å². The molecule has 0 aliphatic carbocycles. The minimum absolute atomic E-state index is 0.0288. The first-order chi connectivity index (χ1) is 30.1. The summed E-state index contributed by atoms with van der Waals surface area (Å²) in [4.78, 5) is 79.3. The predicted molar refractivity (Wildman–Crippen MR) is 243 cm³/mol. The highest BCUT2D eigenvalue weighted by Gasteiger charge is 2.48. The zero-order valence-corrected chi connectivity index (χ0v) is 39.1. The fourth-order valence-corrected chi connectivity index (χ4v) is 10.2. The molecule has 1 aromatic heterocycles. The highest BCUT2D eigenvalue weighted by Crippen LogP contribution is 2.43. The number of hydrogen-bond acceptors (Lipinski definition) is 7. The number of imide groups is 1. The van der Waals surface area contributed by atoms with Crippen molar-refractivity contribution in [2.45, 2.75) is 84.1 Å². The normalized spacial score (nSPS) is 18.1. The largest absolute Gasteiger partial charge is 0.465 e. The van der Waals surface area contributed by atoms with Crippen LogP contribution < -0.4 is 10.6 Å². The molecule has 0 spiro atoms. The number of aromatic nitrogens is 1. The van der Waals surface area contributed by atoms with Crippen molar-refractivity contribution in [2.24, 2.45) is 11.3 Å². The predicted octanol–water partition coefficient (Wildman–Crippen LogP) is 6.72. The lowest BCUT2D eigenvalue weighted by atomic mass is 9.82. The molecular weight excluding hydrogens is 866 g/mol. The number of carboxylic acid groups (broad SMARTS) is 1. The van der Waals surface area contributed by atoms with Gasteiger partial charge in [0, 0.05) is 93.6 Å². The topological polar surface area (TPSA) is 161 Å². The van der Waals surface area contributed by atoms with E-state index in [0.29, 0.717) is 24.2 Å². The molecule has 4 atom stereocenters. The second kappa shape index (κ2) is 21.5. The van der Waals surface area contributed by atoms with Crippen LogP contribution in [0, 0.1) is 23.0 Å². The summed E-state index contributed by atoms with van der Waals surface area (Å²) in [6.07, 6.45) is 1.57. The summed E-state index contributed by atoms with van der Waals surface area (Å²) < 4.78 is 48.3. The van der Waals surface area contributed by atoms with Crippen molar-refractivity contribution in [2.75, 3.05) is 44.2 Å². The molecule has 1 unspecified atom stereocenters. The highest BCUT2D eigenvalue weighted by atomic mass is 32.2. The maximum absolute atomic E-state index is 16.4. The Balaban J connectivity index is 1.40. The second-order valence-corrected chi connectivity index (χ2v) is 25.3. The number of benzene rings is 2. The van der Waals surface area contributed by atoms with Gasteiger partial charge in [0.25, 0.3) is 11.8 Å². The molecule has 2 aliphatic rings. The molecule has 5 rings (SSSR count). The summed E-state index contributed by atoms with van der Waals surface area (Å²) in [5.74, 6) is -4.41. The molecule has 3 heterocycles. The van der Waals surface area contributed by atoms with Crippen LogP contribution in [0.3, 0.4) is 0 Å². The van der Waals surface area contributed by atoms with Gasteiger partial charge in [0.2, 0.25) is 17.7 Å². The molecule has 3 aromatic rings. The smallest absolute Gasteiger partial charge is 0.407 e. The molecule has 0 saturated carbocycles. The van der Waals surface area contributed by atoms with Crippen LogP contribution in [0.4, 0.5) is 18.0 Å². The van der Waals surface area contributed by atoms with Gasteiger partial charge < -0.3 is 30.1 Å². The molecule has 13 nitrogen and oxygen atoms in total. The van der Waals surface area contributed by atoms with Crippen LogP contribution in [0.15, 0.2) is 72.9 Å². The monoisotopic (exact) mass is 924 g/mol. The van der Waals surface area contributed by atoms with Crippen molar-refractivity contribution >= 4 is 55.5 Å². The molecule has 1 fully saturated rings. The first kappa shape index (κ1) is 49.6. The van der Waals surface area contributed by atoms with Crippen molar-refractivity contribution in [3.8, 4) is 11.1 Å². The number of halogens is 3. The minimum atomic E-state index is -1.71. The Morgan fingerprint density at radius 1 is 0.953 bits per heavy atom. The molecule has 1 saturated heterocycles. The van der Waals surface area contributed by atoms with E-state index in [4.69, 9.17) is 0 Å². The first-order valence-corrected chi connectivity index (χ1v) is 26.3. The third-order valence-electron chi connectivity index (χ3n) is 11.3.